The maximum atomic E-state index is 13.0. The van der Waals surface area contributed by atoms with E-state index in [4.69, 9.17) is 14.7 Å². The van der Waals surface area contributed by atoms with E-state index in [9.17, 15) is 4.79 Å². The van der Waals surface area contributed by atoms with E-state index in [1.165, 1.54) is 25.7 Å². The molecule has 1 aliphatic carbocycles. The van der Waals surface area contributed by atoms with Crippen LogP contribution in [0, 0.1) is 0 Å². The second-order valence-electron chi connectivity index (χ2n) is 12.7. The van der Waals surface area contributed by atoms with Crippen LogP contribution >= 0.6 is 0 Å². The first-order valence-corrected chi connectivity index (χ1v) is 16.5. The molecule has 1 saturated carbocycles. The average molecular weight is 608 g/mol. The first-order valence-electron chi connectivity index (χ1n) is 16.5. The topological polar surface area (TPSA) is 83.5 Å². The number of pyridine rings is 1. The van der Waals surface area contributed by atoms with Crippen LogP contribution in [0.15, 0.2) is 102 Å². The van der Waals surface area contributed by atoms with Gasteiger partial charge in [-0.25, -0.2) is 9.78 Å². The summed E-state index contributed by atoms with van der Waals surface area (Å²) in [5.74, 6) is 1.71. The number of aromatic amines is 1. The number of carbonyl (C=O) groups is 1. The molecule has 7 heteroatoms. The zero-order chi connectivity index (χ0) is 30.9. The number of hydrogen-bond donors (Lipinski definition) is 1. The fourth-order valence-electron chi connectivity index (χ4n) is 7.17. The van der Waals surface area contributed by atoms with Gasteiger partial charge in [-0.05, 0) is 71.2 Å². The fraction of sp³-hybridized carbons (Fsp3) is 0.282. The highest BCUT2D eigenvalue weighted by atomic mass is 16.6. The number of aromatic nitrogens is 3. The highest BCUT2D eigenvalue weighted by Crippen LogP contribution is 2.35. The summed E-state index contributed by atoms with van der Waals surface area (Å²) in [6, 6.07) is 27.1. The Morgan fingerprint density at radius 2 is 1.63 bits per heavy atom. The highest BCUT2D eigenvalue weighted by molar-refractivity contribution is 6.03. The summed E-state index contributed by atoms with van der Waals surface area (Å²) in [7, 11) is 0. The molecule has 0 unspecified atom stereocenters. The normalized spacial score (nSPS) is 18.3. The summed E-state index contributed by atoms with van der Waals surface area (Å²) < 4.78 is 5.65. The molecule has 230 valence electrons. The van der Waals surface area contributed by atoms with Gasteiger partial charge in [-0.15, -0.1) is 0 Å². The van der Waals surface area contributed by atoms with Crippen LogP contribution in [0.5, 0.6) is 0 Å². The number of allylic oxidation sites excluding steroid dienone is 1. The summed E-state index contributed by atoms with van der Waals surface area (Å²) in [4.78, 5) is 32.7. The Kier molecular flexibility index (Phi) is 7.66. The number of likely N-dealkylation sites (tertiary alicyclic amines) is 1. The highest BCUT2D eigenvalue weighted by Gasteiger charge is 2.35. The maximum absolute atomic E-state index is 13.0. The minimum absolute atomic E-state index is 0.0259. The SMILES string of the molecule is O=C(OCc1ccccc1)N1CCC[C@H]1C1=NC=C(c2cnc3cc(-c4ccc(-c5cnc(C6CCCC6)[nH]5)cc4)ccc3c2)C1. The van der Waals surface area contributed by atoms with Gasteiger partial charge in [0, 0.05) is 42.4 Å². The van der Waals surface area contributed by atoms with Gasteiger partial charge in [0.1, 0.15) is 12.4 Å². The number of benzene rings is 3. The maximum Gasteiger partial charge on any atom is 0.410 e. The number of ether oxygens (including phenoxy) is 1. The van der Waals surface area contributed by atoms with Crippen molar-refractivity contribution < 1.29 is 9.53 Å². The number of nitrogens with zero attached hydrogens (tertiary/aromatic N) is 4. The Morgan fingerprint density at radius 1 is 0.826 bits per heavy atom. The summed E-state index contributed by atoms with van der Waals surface area (Å²) in [6.45, 7) is 0.973. The number of carbonyl (C=O) groups excluding carboxylic acids is 1. The molecule has 1 saturated heterocycles. The zero-order valence-electron chi connectivity index (χ0n) is 25.9. The summed E-state index contributed by atoms with van der Waals surface area (Å²) in [5.41, 5.74) is 9.70. The van der Waals surface area contributed by atoms with Crippen molar-refractivity contribution in [3.05, 3.63) is 114 Å². The number of aliphatic imine (C=N–C) groups is 1. The lowest BCUT2D eigenvalue weighted by Crippen LogP contribution is -2.40. The molecule has 1 N–H and O–H groups in total. The fourth-order valence-corrected chi connectivity index (χ4v) is 7.17. The van der Waals surface area contributed by atoms with Crippen molar-refractivity contribution in [2.75, 3.05) is 6.54 Å². The van der Waals surface area contributed by atoms with Crippen molar-refractivity contribution in [1.29, 1.82) is 0 Å². The Morgan fingerprint density at radius 3 is 2.48 bits per heavy atom. The Hall–Kier alpha value is -5.04. The minimum atomic E-state index is -0.268. The van der Waals surface area contributed by atoms with Gasteiger partial charge >= 0.3 is 6.09 Å². The van der Waals surface area contributed by atoms with Gasteiger partial charge in [0.2, 0.25) is 0 Å². The van der Waals surface area contributed by atoms with E-state index in [1.807, 2.05) is 53.8 Å². The van der Waals surface area contributed by atoms with Crippen molar-refractivity contribution in [1.82, 2.24) is 19.9 Å². The number of fused-ring (bicyclic) bond motifs is 1. The van der Waals surface area contributed by atoms with E-state index in [0.29, 0.717) is 18.9 Å². The molecule has 0 bridgehead atoms. The van der Waals surface area contributed by atoms with Gasteiger partial charge in [0.25, 0.3) is 0 Å². The molecule has 1 atom stereocenters. The van der Waals surface area contributed by atoms with Crippen LogP contribution < -0.4 is 0 Å². The van der Waals surface area contributed by atoms with Crippen LogP contribution in [0.2, 0.25) is 0 Å². The number of amides is 1. The van der Waals surface area contributed by atoms with E-state index >= 15 is 0 Å². The molecule has 1 amide bonds. The minimum Gasteiger partial charge on any atom is -0.445 e. The molecule has 8 rings (SSSR count). The molecular formula is C39H37N5O2. The predicted octanol–water partition coefficient (Wildman–Crippen LogP) is 8.94. The average Bonchev–Trinajstić information content (AvgIpc) is 3.94. The first kappa shape index (κ1) is 28.4. The van der Waals surface area contributed by atoms with E-state index in [0.717, 1.165) is 74.4 Å². The number of H-pyrrole nitrogens is 1. The number of rotatable bonds is 7. The van der Waals surface area contributed by atoms with E-state index < -0.39 is 0 Å². The Labute approximate surface area is 269 Å². The lowest BCUT2D eigenvalue weighted by molar-refractivity contribution is 0.0992. The first-order chi connectivity index (χ1) is 22.7. The molecule has 2 aliphatic heterocycles. The number of nitrogens with one attached hydrogen (secondary N) is 1. The van der Waals surface area contributed by atoms with Crippen LogP contribution in [0.1, 0.15) is 67.8 Å². The van der Waals surface area contributed by atoms with E-state index in [-0.39, 0.29) is 18.7 Å². The lowest BCUT2D eigenvalue weighted by Gasteiger charge is -2.24. The molecular weight excluding hydrogens is 570 g/mol. The van der Waals surface area contributed by atoms with Crippen LogP contribution in [-0.2, 0) is 11.3 Å². The smallest absolute Gasteiger partial charge is 0.410 e. The summed E-state index contributed by atoms with van der Waals surface area (Å²) in [5, 5.41) is 1.09. The van der Waals surface area contributed by atoms with Crippen LogP contribution in [0.3, 0.4) is 0 Å². The predicted molar refractivity (Wildman–Crippen MR) is 182 cm³/mol. The molecule has 5 aromatic rings. The monoisotopic (exact) mass is 607 g/mol. The van der Waals surface area contributed by atoms with Crippen LogP contribution in [0.25, 0.3) is 38.9 Å². The van der Waals surface area contributed by atoms with Gasteiger partial charge in [0.15, 0.2) is 0 Å². The third kappa shape index (κ3) is 5.73. The molecule has 2 aromatic heterocycles. The molecule has 3 aromatic carbocycles. The summed E-state index contributed by atoms with van der Waals surface area (Å²) in [6.07, 6.45) is 13.2. The quantitative estimate of drug-likeness (QED) is 0.200. The van der Waals surface area contributed by atoms with Crippen LogP contribution in [0.4, 0.5) is 4.79 Å². The zero-order valence-corrected chi connectivity index (χ0v) is 25.9. The lowest BCUT2D eigenvalue weighted by atomic mass is 9.97. The van der Waals surface area contributed by atoms with Gasteiger partial charge in [-0.2, -0.15) is 0 Å². The van der Waals surface area contributed by atoms with Crippen molar-refractivity contribution in [3.8, 4) is 22.4 Å². The van der Waals surface area contributed by atoms with Crippen LogP contribution in [-0.4, -0.2) is 44.2 Å². The van der Waals surface area contributed by atoms with E-state index in [2.05, 4.69) is 58.5 Å². The Bertz CT molecular complexity index is 1940. The molecule has 0 radical (unpaired) electrons. The standard InChI is InChI=1S/C39H37N5O2/c45-39(46-25-26-7-2-1-3-8-26)44-18-6-11-37(44)35-21-33(23-41-35)32-19-31-17-16-30(20-34(31)40-22-32)27-12-14-28(15-13-27)36-24-42-38(43-36)29-9-4-5-10-29/h1-3,7-8,12-17,19-20,22-24,29,37H,4-6,9-11,18,21,25H2,(H,42,43)/t37-/m0/s1. The van der Waals surface area contributed by atoms with Gasteiger partial charge in [-0.1, -0.05) is 79.6 Å². The van der Waals surface area contributed by atoms with Crippen molar-refractivity contribution >= 4 is 28.3 Å². The Balaban J connectivity index is 0.918. The van der Waals surface area contributed by atoms with Gasteiger partial charge < -0.3 is 9.72 Å². The third-order valence-corrected chi connectivity index (χ3v) is 9.76. The second kappa shape index (κ2) is 12.4. The van der Waals surface area contributed by atoms with E-state index in [1.54, 1.807) is 0 Å². The van der Waals surface area contributed by atoms with Gasteiger partial charge in [-0.3, -0.25) is 14.9 Å². The van der Waals surface area contributed by atoms with Crippen molar-refractivity contribution in [2.45, 2.75) is 63.5 Å². The number of imidazole rings is 1. The largest absolute Gasteiger partial charge is 0.445 e. The molecule has 3 aliphatic rings. The third-order valence-electron chi connectivity index (χ3n) is 9.76. The summed E-state index contributed by atoms with van der Waals surface area (Å²) >= 11 is 0. The second-order valence-corrected chi connectivity index (χ2v) is 12.7. The molecule has 0 spiro atoms. The van der Waals surface area contributed by atoms with Crippen molar-refractivity contribution in [2.24, 2.45) is 4.99 Å². The number of hydrogen-bond acceptors (Lipinski definition) is 5. The molecule has 46 heavy (non-hydrogen) atoms. The molecule has 7 nitrogen and oxygen atoms in total. The molecule has 2 fully saturated rings. The van der Waals surface area contributed by atoms with Gasteiger partial charge in [0.05, 0.1) is 23.4 Å². The molecule has 4 heterocycles. The van der Waals surface area contributed by atoms with Crippen molar-refractivity contribution in [3.63, 3.8) is 0 Å².